The number of ether oxygens (including phenoxy) is 1. The van der Waals surface area contributed by atoms with Crippen molar-refractivity contribution in [2.24, 2.45) is 0 Å². The normalized spacial score (nSPS) is 12.2. The third-order valence-electron chi connectivity index (χ3n) is 4.72. The van der Waals surface area contributed by atoms with Crippen molar-refractivity contribution in [1.29, 1.82) is 0 Å². The van der Waals surface area contributed by atoms with Crippen molar-refractivity contribution < 1.29 is 18.3 Å². The van der Waals surface area contributed by atoms with Gasteiger partial charge in [0.05, 0.1) is 5.75 Å². The Morgan fingerprint density at radius 3 is 2.87 bits per heavy atom. The van der Waals surface area contributed by atoms with Crippen LogP contribution in [0.2, 0.25) is 0 Å². The minimum absolute atomic E-state index is 0.0325. The molecule has 2 aromatic heterocycles. The minimum Gasteiger partial charge on any atom is -0.478 e. The molecule has 2 heterocycles. The second kappa shape index (κ2) is 8.71. The van der Waals surface area contributed by atoms with Crippen LogP contribution in [0.1, 0.15) is 41.8 Å². The van der Waals surface area contributed by atoms with Crippen molar-refractivity contribution in [2.45, 2.75) is 31.6 Å². The second-order valence-corrected chi connectivity index (χ2v) is 7.63. The first-order valence-corrected chi connectivity index (χ1v) is 10.5. The minimum atomic E-state index is -0.625. The number of para-hydroxylation sites is 2. The van der Waals surface area contributed by atoms with E-state index in [0.29, 0.717) is 5.56 Å². The molecule has 30 heavy (non-hydrogen) atoms. The van der Waals surface area contributed by atoms with E-state index in [9.17, 15) is 9.18 Å². The smallest absolute Gasteiger partial charge is 0.277 e. The number of H-pyrrole nitrogens is 1. The third kappa shape index (κ3) is 4.09. The van der Waals surface area contributed by atoms with Crippen molar-refractivity contribution in [3.63, 3.8) is 0 Å². The number of aromatic amines is 1. The van der Waals surface area contributed by atoms with Crippen LogP contribution in [0.5, 0.6) is 5.75 Å². The van der Waals surface area contributed by atoms with Gasteiger partial charge in [0.1, 0.15) is 0 Å². The maximum absolute atomic E-state index is 13.7. The number of carbonyl (C=O) groups excluding carboxylic acids is 1. The number of hydrogen-bond acceptors (Lipinski definition) is 6. The number of nitrogens with one attached hydrogen (secondary N) is 1. The van der Waals surface area contributed by atoms with Gasteiger partial charge in [-0.25, -0.2) is 4.39 Å². The number of nitrogens with zero attached hydrogens (tertiary/aromatic N) is 2. The Hall–Kier alpha value is -3.13. The molecule has 0 saturated carbocycles. The van der Waals surface area contributed by atoms with E-state index in [-0.39, 0.29) is 28.4 Å². The van der Waals surface area contributed by atoms with Gasteiger partial charge < -0.3 is 14.1 Å². The number of ketones is 1. The van der Waals surface area contributed by atoms with Gasteiger partial charge in [-0.05, 0) is 31.0 Å². The van der Waals surface area contributed by atoms with E-state index in [4.69, 9.17) is 9.15 Å². The Morgan fingerprint density at radius 2 is 2.07 bits per heavy atom. The number of Topliss-reactive ketones (excluding diaryl/α,β-unsaturated/α-hetero) is 1. The number of benzene rings is 2. The van der Waals surface area contributed by atoms with E-state index in [2.05, 4.69) is 22.1 Å². The summed E-state index contributed by atoms with van der Waals surface area (Å²) < 4.78 is 24.9. The van der Waals surface area contributed by atoms with Crippen LogP contribution in [0.4, 0.5) is 4.39 Å². The van der Waals surface area contributed by atoms with Crippen LogP contribution in [0, 0.1) is 5.82 Å². The molecule has 4 aromatic rings. The highest BCUT2D eigenvalue weighted by Gasteiger charge is 2.19. The molecule has 0 amide bonds. The van der Waals surface area contributed by atoms with Crippen LogP contribution >= 0.6 is 11.8 Å². The Morgan fingerprint density at radius 1 is 1.23 bits per heavy atom. The summed E-state index contributed by atoms with van der Waals surface area (Å²) in [4.78, 5) is 15.9. The van der Waals surface area contributed by atoms with Crippen molar-refractivity contribution in [3.8, 4) is 5.75 Å². The van der Waals surface area contributed by atoms with Gasteiger partial charge in [0.15, 0.2) is 23.5 Å². The summed E-state index contributed by atoms with van der Waals surface area (Å²) in [5.41, 5.74) is 2.81. The zero-order valence-corrected chi connectivity index (χ0v) is 17.3. The van der Waals surface area contributed by atoms with E-state index in [1.165, 1.54) is 17.7 Å². The van der Waals surface area contributed by atoms with Crippen molar-refractivity contribution in [2.75, 3.05) is 5.75 Å². The SMILES string of the molecule is CCc1cccc2c(C(=O)CSc3nnc([C@@H](C)Oc4ccccc4F)o3)c[nH]c12. The predicted octanol–water partition coefficient (Wildman–Crippen LogP) is 5.37. The number of aromatic nitrogens is 3. The molecule has 6 nitrogen and oxygen atoms in total. The summed E-state index contributed by atoms with van der Waals surface area (Å²) in [7, 11) is 0. The maximum Gasteiger partial charge on any atom is 0.277 e. The molecule has 0 radical (unpaired) electrons. The molecule has 1 atom stereocenters. The number of aryl methyl sites for hydroxylation is 1. The van der Waals surface area contributed by atoms with Gasteiger partial charge in [0.25, 0.3) is 11.1 Å². The quantitative estimate of drug-likeness (QED) is 0.302. The lowest BCUT2D eigenvalue weighted by Crippen LogP contribution is -2.04. The predicted molar refractivity (Wildman–Crippen MR) is 112 cm³/mol. The number of hydrogen-bond donors (Lipinski definition) is 1. The molecule has 0 bridgehead atoms. The van der Waals surface area contributed by atoms with Crippen LogP contribution in [-0.2, 0) is 6.42 Å². The Bertz CT molecular complexity index is 1190. The van der Waals surface area contributed by atoms with Crippen LogP contribution in [-0.4, -0.2) is 26.7 Å². The van der Waals surface area contributed by atoms with E-state index < -0.39 is 11.9 Å². The summed E-state index contributed by atoms with van der Waals surface area (Å²) >= 11 is 1.16. The van der Waals surface area contributed by atoms with E-state index in [1.54, 1.807) is 25.3 Å². The van der Waals surface area contributed by atoms with Crippen LogP contribution in [0.3, 0.4) is 0 Å². The standard InChI is InChI=1S/C22H20FN3O3S/c1-3-14-7-6-8-15-16(11-24-20(14)15)18(27)12-30-22-26-25-21(29-22)13(2)28-19-10-5-4-9-17(19)23/h4-11,13,24H,3,12H2,1-2H3/t13-/m1/s1. The highest BCUT2D eigenvalue weighted by Crippen LogP contribution is 2.27. The third-order valence-corrected chi connectivity index (χ3v) is 5.54. The first-order valence-electron chi connectivity index (χ1n) is 9.56. The monoisotopic (exact) mass is 425 g/mol. The average Bonchev–Trinajstić information content (AvgIpc) is 3.41. The van der Waals surface area contributed by atoms with Gasteiger partial charge in [-0.2, -0.15) is 0 Å². The lowest BCUT2D eigenvalue weighted by Gasteiger charge is -2.11. The molecule has 0 aliphatic rings. The molecular formula is C22H20FN3O3S. The summed E-state index contributed by atoms with van der Waals surface area (Å²) in [6.07, 6.45) is 2.01. The van der Waals surface area contributed by atoms with Crippen molar-refractivity contribution in [3.05, 3.63) is 71.5 Å². The number of thioether (sulfide) groups is 1. The van der Waals surface area contributed by atoms with Crippen molar-refractivity contribution in [1.82, 2.24) is 15.2 Å². The van der Waals surface area contributed by atoms with E-state index in [1.807, 2.05) is 18.2 Å². The number of rotatable bonds is 8. The molecule has 0 aliphatic heterocycles. The zero-order valence-electron chi connectivity index (χ0n) is 16.5. The molecular weight excluding hydrogens is 405 g/mol. The largest absolute Gasteiger partial charge is 0.478 e. The van der Waals surface area contributed by atoms with E-state index in [0.717, 1.165) is 29.1 Å². The van der Waals surface area contributed by atoms with Crippen LogP contribution < -0.4 is 4.74 Å². The van der Waals surface area contributed by atoms with Crippen LogP contribution in [0.15, 0.2) is 58.3 Å². The second-order valence-electron chi connectivity index (χ2n) is 6.70. The fourth-order valence-electron chi connectivity index (χ4n) is 3.17. The molecule has 8 heteroatoms. The van der Waals surface area contributed by atoms with E-state index >= 15 is 0 Å². The molecule has 0 spiro atoms. The van der Waals surface area contributed by atoms with Gasteiger partial charge in [0.2, 0.25) is 0 Å². The molecule has 154 valence electrons. The first-order chi connectivity index (χ1) is 14.6. The number of halogens is 1. The fourth-order valence-corrected chi connectivity index (χ4v) is 3.82. The molecule has 0 unspecified atom stereocenters. The van der Waals surface area contributed by atoms with Crippen molar-refractivity contribution >= 4 is 28.4 Å². The average molecular weight is 425 g/mol. The summed E-state index contributed by atoms with van der Waals surface area (Å²) in [5, 5.41) is 9.09. The van der Waals surface area contributed by atoms with Gasteiger partial charge in [-0.15, -0.1) is 10.2 Å². The molecule has 0 saturated heterocycles. The Kier molecular flexibility index (Phi) is 5.85. The maximum atomic E-state index is 13.7. The number of fused-ring (bicyclic) bond motifs is 1. The highest BCUT2D eigenvalue weighted by atomic mass is 32.2. The lowest BCUT2D eigenvalue weighted by atomic mass is 10.1. The van der Waals surface area contributed by atoms with Gasteiger partial charge in [-0.3, -0.25) is 4.79 Å². The molecule has 0 fully saturated rings. The summed E-state index contributed by atoms with van der Waals surface area (Å²) in [6, 6.07) is 12.1. The van der Waals surface area contributed by atoms with Gasteiger partial charge >= 0.3 is 0 Å². The lowest BCUT2D eigenvalue weighted by molar-refractivity contribution is 0.102. The zero-order chi connectivity index (χ0) is 21.1. The molecule has 4 rings (SSSR count). The number of carbonyl (C=O) groups is 1. The highest BCUT2D eigenvalue weighted by molar-refractivity contribution is 7.99. The topological polar surface area (TPSA) is 81.0 Å². The molecule has 0 aliphatic carbocycles. The summed E-state index contributed by atoms with van der Waals surface area (Å²) in [5.74, 6) is -0.0109. The van der Waals surface area contributed by atoms with Gasteiger partial charge in [0, 0.05) is 22.7 Å². The molecule has 1 N–H and O–H groups in total. The first kappa shape index (κ1) is 20.2. The molecule has 2 aromatic carbocycles. The van der Waals surface area contributed by atoms with Crippen LogP contribution in [0.25, 0.3) is 10.9 Å². The van der Waals surface area contributed by atoms with Gasteiger partial charge in [-0.1, -0.05) is 49.0 Å². The Labute approximate surface area is 176 Å². The summed E-state index contributed by atoms with van der Waals surface area (Å²) in [6.45, 7) is 3.77. The Balaban J connectivity index is 1.41. The fraction of sp³-hybridized carbons (Fsp3) is 0.227.